The Hall–Kier alpha value is -5.24. The summed E-state index contributed by atoms with van der Waals surface area (Å²) >= 11 is 0. The Morgan fingerprint density at radius 3 is 2.27 bits per heavy atom. The van der Waals surface area contributed by atoms with Crippen LogP contribution in [0.3, 0.4) is 0 Å². The molecule has 0 fully saturated rings. The van der Waals surface area contributed by atoms with E-state index in [-0.39, 0.29) is 50.3 Å². The Kier molecular flexibility index (Phi) is 9.98. The highest BCUT2D eigenvalue weighted by molar-refractivity contribution is 5.86. The van der Waals surface area contributed by atoms with Crippen LogP contribution in [0.5, 0.6) is 0 Å². The first kappa shape index (κ1) is 28.8. The maximum absolute atomic E-state index is 12.8. The van der Waals surface area contributed by atoms with Crippen molar-refractivity contribution in [1.82, 2.24) is 24.8 Å². The van der Waals surface area contributed by atoms with Crippen LogP contribution < -0.4 is 16.6 Å². The van der Waals surface area contributed by atoms with Crippen molar-refractivity contribution < 1.29 is 33.3 Å². The van der Waals surface area contributed by atoms with Crippen LogP contribution >= 0.6 is 0 Å². The Labute approximate surface area is 233 Å². The molecule has 0 spiro atoms. The molecule has 1 atom stereocenters. The molecule has 4 rings (SSSR count). The average Bonchev–Trinajstić information content (AvgIpc) is 3.38. The normalized spacial score (nSPS) is 11.5. The van der Waals surface area contributed by atoms with Gasteiger partial charge in [0.15, 0.2) is 11.2 Å². The molecule has 14 heteroatoms. The zero-order valence-corrected chi connectivity index (χ0v) is 21.9. The second kappa shape index (κ2) is 14.2. The minimum absolute atomic E-state index is 0.0141. The third kappa shape index (κ3) is 8.63. The first-order valence-electron chi connectivity index (χ1n) is 12.5. The van der Waals surface area contributed by atoms with Gasteiger partial charge in [0.25, 0.3) is 5.56 Å². The van der Waals surface area contributed by atoms with Gasteiger partial charge in [0.1, 0.15) is 32.6 Å². The molecular weight excluding hydrogens is 536 g/mol. The number of aromatic amines is 1. The molecule has 0 aliphatic rings. The lowest BCUT2D eigenvalue weighted by atomic mass is 10.2. The lowest BCUT2D eigenvalue weighted by molar-refractivity contribution is -0.154. The molecular formula is C27H28N6O8. The summed E-state index contributed by atoms with van der Waals surface area (Å²) in [6.45, 7) is -0.267. The number of hydrogen-bond acceptors (Lipinski definition) is 11. The van der Waals surface area contributed by atoms with Gasteiger partial charge in [-0.15, -0.1) is 0 Å². The van der Waals surface area contributed by atoms with Gasteiger partial charge in [0.05, 0.1) is 19.4 Å². The number of esters is 2. The summed E-state index contributed by atoms with van der Waals surface area (Å²) in [5, 5.41) is 2.38. The molecule has 0 saturated heterocycles. The van der Waals surface area contributed by atoms with Crippen LogP contribution in [-0.2, 0) is 48.5 Å². The molecule has 14 nitrogen and oxygen atoms in total. The van der Waals surface area contributed by atoms with E-state index in [1.807, 2.05) is 12.1 Å². The summed E-state index contributed by atoms with van der Waals surface area (Å²) in [6, 6.07) is 16.6. The van der Waals surface area contributed by atoms with E-state index in [2.05, 4.69) is 20.3 Å². The van der Waals surface area contributed by atoms with Gasteiger partial charge in [-0.1, -0.05) is 60.7 Å². The summed E-state index contributed by atoms with van der Waals surface area (Å²) in [7, 11) is 0. The van der Waals surface area contributed by atoms with Crippen LogP contribution in [0.15, 0.2) is 71.8 Å². The molecule has 4 aromatic rings. The van der Waals surface area contributed by atoms with Gasteiger partial charge in [-0.3, -0.25) is 19.1 Å². The minimum Gasteiger partial charge on any atom is -0.463 e. The number of rotatable bonds is 13. The molecule has 2 heterocycles. The number of carbonyl (C=O) groups excluding carboxylic acids is 3. The lowest BCUT2D eigenvalue weighted by Gasteiger charge is -2.17. The van der Waals surface area contributed by atoms with Gasteiger partial charge in [-0.25, -0.2) is 14.6 Å². The molecule has 0 saturated carbocycles. The van der Waals surface area contributed by atoms with Crippen molar-refractivity contribution in [3.8, 4) is 0 Å². The second-order valence-corrected chi connectivity index (χ2v) is 8.65. The number of H-pyrrole nitrogens is 1. The van der Waals surface area contributed by atoms with Crippen LogP contribution in [0.2, 0.25) is 0 Å². The summed E-state index contributed by atoms with van der Waals surface area (Å²) in [4.78, 5) is 59.8. The fourth-order valence-corrected chi connectivity index (χ4v) is 3.60. The number of aromatic nitrogens is 4. The number of nitrogens with zero attached hydrogens (tertiary/aromatic N) is 3. The largest absolute Gasteiger partial charge is 0.463 e. The number of fused-ring (bicyclic) bond motifs is 1. The van der Waals surface area contributed by atoms with Crippen molar-refractivity contribution in [3.63, 3.8) is 0 Å². The van der Waals surface area contributed by atoms with Gasteiger partial charge in [-0.2, -0.15) is 4.98 Å². The number of nitrogens with two attached hydrogens (primary N) is 1. The van der Waals surface area contributed by atoms with Gasteiger partial charge in [-0.05, 0) is 11.1 Å². The first-order valence-corrected chi connectivity index (χ1v) is 12.5. The van der Waals surface area contributed by atoms with Crippen molar-refractivity contribution in [2.75, 3.05) is 18.9 Å². The number of benzene rings is 2. The zero-order chi connectivity index (χ0) is 29.0. The predicted octanol–water partition coefficient (Wildman–Crippen LogP) is 1.65. The van der Waals surface area contributed by atoms with Crippen molar-refractivity contribution >= 4 is 35.1 Å². The maximum atomic E-state index is 12.8. The maximum Gasteiger partial charge on any atom is 0.408 e. The van der Waals surface area contributed by atoms with E-state index < -0.39 is 36.1 Å². The Morgan fingerprint density at radius 1 is 0.927 bits per heavy atom. The average molecular weight is 565 g/mol. The van der Waals surface area contributed by atoms with Crippen LogP contribution in [-0.4, -0.2) is 56.8 Å². The summed E-state index contributed by atoms with van der Waals surface area (Å²) in [5.74, 6) is -1.66. The molecule has 41 heavy (non-hydrogen) atoms. The topological polar surface area (TPSA) is 190 Å². The van der Waals surface area contributed by atoms with E-state index in [4.69, 9.17) is 24.7 Å². The molecule has 2 aromatic carbocycles. The lowest BCUT2D eigenvalue weighted by Crippen LogP contribution is -2.43. The van der Waals surface area contributed by atoms with Crippen molar-refractivity contribution in [3.05, 3.63) is 88.5 Å². The molecule has 2 aromatic heterocycles. The molecule has 4 N–H and O–H groups in total. The van der Waals surface area contributed by atoms with E-state index in [9.17, 15) is 19.2 Å². The number of anilines is 1. The molecule has 0 bridgehead atoms. The van der Waals surface area contributed by atoms with Gasteiger partial charge in [0, 0.05) is 0 Å². The molecule has 1 unspecified atom stereocenters. The van der Waals surface area contributed by atoms with E-state index in [1.165, 1.54) is 10.9 Å². The van der Waals surface area contributed by atoms with Crippen LogP contribution in [0.1, 0.15) is 17.5 Å². The smallest absolute Gasteiger partial charge is 0.408 e. The summed E-state index contributed by atoms with van der Waals surface area (Å²) in [5.41, 5.74) is 6.93. The van der Waals surface area contributed by atoms with Crippen LogP contribution in [0.25, 0.3) is 11.2 Å². The highest BCUT2D eigenvalue weighted by Gasteiger charge is 2.27. The summed E-state index contributed by atoms with van der Waals surface area (Å²) < 4.78 is 22.6. The fourth-order valence-electron chi connectivity index (χ4n) is 3.60. The third-order valence-electron chi connectivity index (χ3n) is 5.60. The van der Waals surface area contributed by atoms with Gasteiger partial charge in [0.2, 0.25) is 5.95 Å². The minimum atomic E-state index is -1.35. The molecule has 0 aliphatic heterocycles. The van der Waals surface area contributed by atoms with E-state index in [1.54, 1.807) is 48.5 Å². The number of ether oxygens (including phenoxy) is 4. The number of carbonyl (C=O) groups is 3. The molecule has 1 amide bonds. The SMILES string of the molecule is Nc1nc2c(ncn2COCCOC(=O)CC(NC(=O)OCc2ccccc2)C(=O)OCc2ccccc2)c(=O)[nH]1. The van der Waals surface area contributed by atoms with Crippen molar-refractivity contribution in [2.24, 2.45) is 0 Å². The third-order valence-corrected chi connectivity index (χ3v) is 5.60. The fraction of sp³-hybridized carbons (Fsp3) is 0.259. The number of amides is 1. The number of hydrogen-bond donors (Lipinski definition) is 3. The van der Waals surface area contributed by atoms with Crippen LogP contribution in [0.4, 0.5) is 10.7 Å². The van der Waals surface area contributed by atoms with E-state index >= 15 is 0 Å². The second-order valence-electron chi connectivity index (χ2n) is 8.65. The Morgan fingerprint density at radius 2 is 1.59 bits per heavy atom. The molecule has 214 valence electrons. The van der Waals surface area contributed by atoms with Gasteiger partial charge < -0.3 is 30.0 Å². The molecule has 0 aliphatic carbocycles. The summed E-state index contributed by atoms with van der Waals surface area (Å²) in [6.07, 6.45) is -0.0223. The Bertz CT molecular complexity index is 1520. The highest BCUT2D eigenvalue weighted by Crippen LogP contribution is 2.08. The number of nitrogen functional groups attached to an aromatic ring is 1. The number of nitrogens with one attached hydrogen (secondary N) is 2. The van der Waals surface area contributed by atoms with Crippen molar-refractivity contribution in [2.45, 2.75) is 32.4 Å². The van der Waals surface area contributed by atoms with Crippen molar-refractivity contribution in [1.29, 1.82) is 0 Å². The zero-order valence-electron chi connectivity index (χ0n) is 21.9. The predicted molar refractivity (Wildman–Crippen MR) is 144 cm³/mol. The van der Waals surface area contributed by atoms with Gasteiger partial charge >= 0.3 is 18.0 Å². The highest BCUT2D eigenvalue weighted by atomic mass is 16.6. The first-order chi connectivity index (χ1) is 19.9. The van der Waals surface area contributed by atoms with Crippen LogP contribution in [0, 0.1) is 0 Å². The Balaban J connectivity index is 1.26. The standard InChI is InChI=1S/C27H28N6O8/c28-26-31-23-22(24(35)32-26)29-16-33(23)17-38-11-12-39-21(34)13-20(25(36)40-14-18-7-3-1-4-8-18)30-27(37)41-15-19-9-5-2-6-10-19/h1-10,16,20H,11-15,17H2,(H,30,37)(H3,28,31,32,35). The quantitative estimate of drug-likeness (QED) is 0.122. The monoisotopic (exact) mass is 564 g/mol. The number of alkyl carbamates (subject to hydrolysis) is 1. The molecule has 0 radical (unpaired) electrons. The van der Waals surface area contributed by atoms with E-state index in [0.717, 1.165) is 11.1 Å². The van der Waals surface area contributed by atoms with E-state index in [0.29, 0.717) is 0 Å². The number of imidazole rings is 1.